The zero-order valence-electron chi connectivity index (χ0n) is 7.72. The topological polar surface area (TPSA) is 56.0 Å². The van der Waals surface area contributed by atoms with Crippen molar-refractivity contribution in [1.29, 1.82) is 0 Å². The van der Waals surface area contributed by atoms with Crippen molar-refractivity contribution in [3.05, 3.63) is 28.0 Å². The highest BCUT2D eigenvalue weighted by Crippen LogP contribution is 2.27. The van der Waals surface area contributed by atoms with Gasteiger partial charge in [0, 0.05) is 6.20 Å². The van der Waals surface area contributed by atoms with Gasteiger partial charge >= 0.3 is 0 Å². The number of carbonyl (C=O) groups excluding carboxylic acids is 1. The molecule has 2 N–H and O–H groups in total. The van der Waals surface area contributed by atoms with Crippen molar-refractivity contribution in [2.75, 3.05) is 0 Å². The maximum atomic E-state index is 11.2. The number of hydrogen-bond donors (Lipinski definition) is 1. The van der Waals surface area contributed by atoms with Crippen molar-refractivity contribution >= 4 is 17.5 Å². The molecular weight excluding hydrogens is 200 g/mol. The van der Waals surface area contributed by atoms with Crippen molar-refractivity contribution in [1.82, 2.24) is 4.98 Å². The predicted molar refractivity (Wildman–Crippen MR) is 54.4 cm³/mol. The van der Waals surface area contributed by atoms with Gasteiger partial charge < -0.3 is 5.73 Å². The molecule has 14 heavy (non-hydrogen) atoms. The largest absolute Gasteiger partial charge is 0.365 e. The van der Waals surface area contributed by atoms with Gasteiger partial charge in [0.15, 0.2) is 0 Å². The van der Waals surface area contributed by atoms with Gasteiger partial charge in [-0.3, -0.25) is 4.79 Å². The molecule has 0 unspecified atom stereocenters. The Morgan fingerprint density at radius 3 is 2.86 bits per heavy atom. The van der Waals surface area contributed by atoms with E-state index in [0.717, 1.165) is 36.8 Å². The quantitative estimate of drug-likeness (QED) is 0.718. The van der Waals surface area contributed by atoms with Crippen LogP contribution in [-0.2, 0) is 12.8 Å². The van der Waals surface area contributed by atoms with Crippen LogP contribution in [0.2, 0.25) is 5.15 Å². The van der Waals surface area contributed by atoms with Crippen molar-refractivity contribution in [3.8, 4) is 0 Å². The van der Waals surface area contributed by atoms with E-state index < -0.39 is 5.91 Å². The maximum Gasteiger partial charge on any atom is 0.252 e. The fourth-order valence-electron chi connectivity index (χ4n) is 1.93. The lowest BCUT2D eigenvalue weighted by atomic mass is 9.90. The first-order valence-corrected chi connectivity index (χ1v) is 5.04. The number of primary amides is 1. The number of aromatic nitrogens is 1. The SMILES string of the molecule is NC(=O)c1c(Cl)ncc2c1CCCC2. The fourth-order valence-corrected chi connectivity index (χ4v) is 2.19. The van der Waals surface area contributed by atoms with Crippen LogP contribution in [0.5, 0.6) is 0 Å². The molecule has 0 aliphatic heterocycles. The number of rotatable bonds is 1. The minimum absolute atomic E-state index is 0.234. The second-order valence-electron chi connectivity index (χ2n) is 3.50. The van der Waals surface area contributed by atoms with Gasteiger partial charge in [0.1, 0.15) is 5.15 Å². The molecule has 74 valence electrons. The molecule has 0 fully saturated rings. The number of nitrogens with two attached hydrogens (primary N) is 1. The number of carbonyl (C=O) groups is 1. The molecule has 2 rings (SSSR count). The summed E-state index contributed by atoms with van der Waals surface area (Å²) in [6.07, 6.45) is 5.85. The van der Waals surface area contributed by atoms with Gasteiger partial charge in [0.05, 0.1) is 5.56 Å². The standard InChI is InChI=1S/C10H11ClN2O/c11-9-8(10(12)14)7-4-2-1-3-6(7)5-13-9/h5H,1-4H2,(H2,12,14). The van der Waals surface area contributed by atoms with E-state index in [-0.39, 0.29) is 5.15 Å². The average molecular weight is 211 g/mol. The smallest absolute Gasteiger partial charge is 0.252 e. The lowest BCUT2D eigenvalue weighted by molar-refractivity contribution is 0.0999. The predicted octanol–water partition coefficient (Wildman–Crippen LogP) is 1.71. The van der Waals surface area contributed by atoms with Gasteiger partial charge in [-0.25, -0.2) is 4.98 Å². The summed E-state index contributed by atoms with van der Waals surface area (Å²) in [6.45, 7) is 0. The van der Waals surface area contributed by atoms with Crippen molar-refractivity contribution in [2.24, 2.45) is 5.73 Å². The summed E-state index contributed by atoms with van der Waals surface area (Å²) in [5.74, 6) is -0.471. The number of aryl methyl sites for hydroxylation is 1. The van der Waals surface area contributed by atoms with E-state index >= 15 is 0 Å². The minimum atomic E-state index is -0.471. The highest BCUT2D eigenvalue weighted by atomic mass is 35.5. The Balaban J connectivity index is 2.60. The molecule has 1 aliphatic rings. The van der Waals surface area contributed by atoms with Crippen LogP contribution in [0.15, 0.2) is 6.20 Å². The van der Waals surface area contributed by atoms with E-state index in [1.165, 1.54) is 0 Å². The second kappa shape index (κ2) is 3.58. The van der Waals surface area contributed by atoms with Gasteiger partial charge in [-0.2, -0.15) is 0 Å². The van der Waals surface area contributed by atoms with Crippen molar-refractivity contribution in [3.63, 3.8) is 0 Å². The summed E-state index contributed by atoms with van der Waals surface area (Å²) >= 11 is 5.84. The summed E-state index contributed by atoms with van der Waals surface area (Å²) in [5.41, 5.74) is 7.82. The zero-order valence-corrected chi connectivity index (χ0v) is 8.47. The Hall–Kier alpha value is -1.09. The van der Waals surface area contributed by atoms with E-state index in [1.807, 2.05) is 0 Å². The molecule has 1 amide bonds. The number of pyridine rings is 1. The number of nitrogens with zero attached hydrogens (tertiary/aromatic N) is 1. The number of fused-ring (bicyclic) bond motifs is 1. The summed E-state index contributed by atoms with van der Waals surface area (Å²) in [5, 5.41) is 0.234. The van der Waals surface area contributed by atoms with E-state index in [2.05, 4.69) is 4.98 Å². The van der Waals surface area contributed by atoms with Crippen LogP contribution in [0.1, 0.15) is 34.3 Å². The van der Waals surface area contributed by atoms with Crippen LogP contribution in [0.4, 0.5) is 0 Å². The van der Waals surface area contributed by atoms with E-state index in [1.54, 1.807) is 6.20 Å². The first-order valence-electron chi connectivity index (χ1n) is 4.66. The van der Waals surface area contributed by atoms with Crippen LogP contribution in [-0.4, -0.2) is 10.9 Å². The number of amides is 1. The minimum Gasteiger partial charge on any atom is -0.365 e. The monoisotopic (exact) mass is 210 g/mol. The summed E-state index contributed by atoms with van der Waals surface area (Å²) < 4.78 is 0. The van der Waals surface area contributed by atoms with Crippen molar-refractivity contribution in [2.45, 2.75) is 25.7 Å². The third-order valence-electron chi connectivity index (χ3n) is 2.60. The zero-order chi connectivity index (χ0) is 10.1. The Kier molecular flexibility index (Phi) is 2.42. The molecular formula is C10H11ClN2O. The molecule has 1 heterocycles. The third-order valence-corrected chi connectivity index (χ3v) is 2.89. The summed E-state index contributed by atoms with van der Waals surface area (Å²) in [7, 11) is 0. The van der Waals surface area contributed by atoms with Crippen LogP contribution in [0.3, 0.4) is 0 Å². The van der Waals surface area contributed by atoms with E-state index in [9.17, 15) is 4.79 Å². The fraction of sp³-hybridized carbons (Fsp3) is 0.400. The summed E-state index contributed by atoms with van der Waals surface area (Å²) in [6, 6.07) is 0. The molecule has 1 aromatic heterocycles. The van der Waals surface area contributed by atoms with E-state index in [0.29, 0.717) is 5.56 Å². The average Bonchev–Trinajstić information content (AvgIpc) is 2.17. The first kappa shape index (κ1) is 9.46. The van der Waals surface area contributed by atoms with Crippen LogP contribution < -0.4 is 5.73 Å². The van der Waals surface area contributed by atoms with Gasteiger partial charge in [-0.05, 0) is 36.8 Å². The maximum absolute atomic E-state index is 11.2. The molecule has 1 aromatic rings. The molecule has 3 nitrogen and oxygen atoms in total. The van der Waals surface area contributed by atoms with E-state index in [4.69, 9.17) is 17.3 Å². The second-order valence-corrected chi connectivity index (χ2v) is 3.86. The van der Waals surface area contributed by atoms with Gasteiger partial charge in [0.2, 0.25) is 0 Å². The van der Waals surface area contributed by atoms with Crippen LogP contribution >= 0.6 is 11.6 Å². The number of hydrogen-bond acceptors (Lipinski definition) is 2. The molecule has 0 spiro atoms. The molecule has 0 saturated carbocycles. The first-order chi connectivity index (χ1) is 6.70. The molecule has 4 heteroatoms. The molecule has 0 saturated heterocycles. The lowest BCUT2D eigenvalue weighted by Crippen LogP contribution is -2.18. The van der Waals surface area contributed by atoms with Gasteiger partial charge in [-0.15, -0.1) is 0 Å². The highest BCUT2D eigenvalue weighted by molar-refractivity contribution is 6.32. The Bertz CT molecular complexity index is 390. The number of halogens is 1. The molecule has 0 atom stereocenters. The Morgan fingerprint density at radius 2 is 2.14 bits per heavy atom. The normalized spacial score (nSPS) is 14.9. The van der Waals surface area contributed by atoms with Crippen LogP contribution in [0, 0.1) is 0 Å². The third kappa shape index (κ3) is 1.48. The molecule has 1 aliphatic carbocycles. The van der Waals surface area contributed by atoms with Crippen LogP contribution in [0.25, 0.3) is 0 Å². The lowest BCUT2D eigenvalue weighted by Gasteiger charge is -2.17. The Morgan fingerprint density at radius 1 is 1.43 bits per heavy atom. The molecule has 0 aromatic carbocycles. The van der Waals surface area contributed by atoms with Gasteiger partial charge in [0.25, 0.3) is 5.91 Å². The Labute approximate surface area is 87.3 Å². The van der Waals surface area contributed by atoms with Gasteiger partial charge in [-0.1, -0.05) is 11.6 Å². The van der Waals surface area contributed by atoms with Crippen molar-refractivity contribution < 1.29 is 4.79 Å². The molecule has 0 radical (unpaired) electrons. The summed E-state index contributed by atoms with van der Waals surface area (Å²) in [4.78, 5) is 15.2. The highest BCUT2D eigenvalue weighted by Gasteiger charge is 2.19. The molecule has 0 bridgehead atoms.